The average molecular weight is 814 g/mol. The van der Waals surface area contributed by atoms with Crippen LogP contribution < -0.4 is 21.1 Å². The molecule has 1 aliphatic heterocycles. The zero-order valence-electron chi connectivity index (χ0n) is 32.7. The lowest BCUT2D eigenvalue weighted by Crippen LogP contribution is -2.48. The minimum Gasteiger partial charge on any atom is -0.490 e. The van der Waals surface area contributed by atoms with Gasteiger partial charge in [0.2, 0.25) is 21.8 Å². The van der Waals surface area contributed by atoms with Crippen molar-refractivity contribution in [1.82, 2.24) is 9.21 Å². The maximum Gasteiger partial charge on any atom is 0.258 e. The van der Waals surface area contributed by atoms with Crippen LogP contribution in [0.4, 0.5) is 17.1 Å². The first-order chi connectivity index (χ1) is 26.7. The molecule has 3 amide bonds. The van der Waals surface area contributed by atoms with Crippen molar-refractivity contribution in [2.75, 3.05) is 49.7 Å². The number of hydrogen-bond acceptors (Lipinski definition) is 9. The molecule has 0 saturated carbocycles. The number of carbonyl (C=O) groups is 3. The number of anilines is 3. The molecule has 4 atom stereocenters. The lowest BCUT2D eigenvalue weighted by Gasteiger charge is -2.35. The predicted octanol–water partition coefficient (Wildman–Crippen LogP) is 6.57. The number of unbranched alkanes of at least 4 members (excludes halogenated alkanes) is 2. The third-order valence-corrected chi connectivity index (χ3v) is 11.9. The van der Waals surface area contributed by atoms with Crippen LogP contribution in [0.3, 0.4) is 0 Å². The summed E-state index contributed by atoms with van der Waals surface area (Å²) >= 11 is 6.00. The number of ether oxygens (including phenoxy) is 2. The van der Waals surface area contributed by atoms with Gasteiger partial charge in [-0.05, 0) is 101 Å². The molecule has 0 saturated heterocycles. The van der Waals surface area contributed by atoms with Crippen molar-refractivity contribution in [3.05, 3.63) is 77.3 Å². The Hall–Kier alpha value is -4.21. The minimum atomic E-state index is -3.87. The van der Waals surface area contributed by atoms with Gasteiger partial charge in [0, 0.05) is 56.2 Å². The highest BCUT2D eigenvalue weighted by atomic mass is 35.5. The van der Waals surface area contributed by atoms with E-state index < -0.39 is 28.1 Å². The number of aliphatic hydroxyl groups excluding tert-OH is 1. The third-order valence-electron chi connectivity index (χ3n) is 9.84. The van der Waals surface area contributed by atoms with E-state index in [9.17, 15) is 27.9 Å². The summed E-state index contributed by atoms with van der Waals surface area (Å²) in [7, 11) is -2.37. The molecule has 0 bridgehead atoms. The van der Waals surface area contributed by atoms with Crippen LogP contribution in [-0.4, -0.2) is 92.1 Å². The Morgan fingerprint density at radius 2 is 1.68 bits per heavy atom. The molecule has 3 aromatic rings. The molecule has 0 fully saturated rings. The SMILES string of the molecule is C[C@@H]1CCCCO[C@@H](CN(C)S(=O)(=O)c2ccc(Cl)cc2)[C@@H](C)CN([C@H](C)CO)C(=O)c2cc(NC(=O)CCCCCC(=O)Nc3ccccc3N)ccc2O1. The van der Waals surface area contributed by atoms with Crippen LogP contribution in [0, 0.1) is 5.92 Å². The van der Waals surface area contributed by atoms with Crippen LogP contribution in [0.2, 0.25) is 5.02 Å². The van der Waals surface area contributed by atoms with Gasteiger partial charge in [-0.2, -0.15) is 4.31 Å². The van der Waals surface area contributed by atoms with E-state index in [2.05, 4.69) is 10.6 Å². The van der Waals surface area contributed by atoms with Gasteiger partial charge in [-0.25, -0.2) is 8.42 Å². The summed E-state index contributed by atoms with van der Waals surface area (Å²) in [5, 5.41) is 16.4. The van der Waals surface area contributed by atoms with Crippen molar-refractivity contribution >= 4 is 56.4 Å². The maximum absolute atomic E-state index is 14.5. The van der Waals surface area contributed by atoms with Gasteiger partial charge in [0.05, 0.1) is 46.7 Å². The lowest BCUT2D eigenvalue weighted by molar-refractivity contribution is -0.116. The third kappa shape index (κ3) is 12.9. The fourth-order valence-electron chi connectivity index (χ4n) is 6.40. The molecule has 1 heterocycles. The molecular weight excluding hydrogens is 758 g/mol. The van der Waals surface area contributed by atoms with E-state index in [0.717, 1.165) is 6.42 Å². The quantitative estimate of drug-likeness (QED) is 0.104. The number of rotatable bonds is 14. The largest absolute Gasteiger partial charge is 0.490 e. The van der Waals surface area contributed by atoms with Gasteiger partial charge in [0.1, 0.15) is 5.75 Å². The van der Waals surface area contributed by atoms with Gasteiger partial charge >= 0.3 is 0 Å². The number of sulfonamides is 1. The van der Waals surface area contributed by atoms with E-state index in [1.807, 2.05) is 13.8 Å². The van der Waals surface area contributed by atoms with Crippen molar-refractivity contribution in [2.24, 2.45) is 5.92 Å². The van der Waals surface area contributed by atoms with E-state index in [0.29, 0.717) is 73.0 Å². The molecule has 0 aliphatic carbocycles. The molecule has 1 aliphatic rings. The molecule has 0 unspecified atom stereocenters. The summed E-state index contributed by atoms with van der Waals surface area (Å²) in [5.74, 6) is -0.786. The number of amides is 3. The molecule has 0 spiro atoms. The van der Waals surface area contributed by atoms with Gasteiger partial charge in [0.25, 0.3) is 5.91 Å². The van der Waals surface area contributed by atoms with Gasteiger partial charge in [-0.15, -0.1) is 0 Å². The van der Waals surface area contributed by atoms with Crippen molar-refractivity contribution in [1.29, 1.82) is 0 Å². The number of benzene rings is 3. The first kappa shape index (κ1) is 44.5. The Labute approximate surface area is 335 Å². The number of nitrogen functional groups attached to an aromatic ring is 1. The summed E-state index contributed by atoms with van der Waals surface area (Å²) in [6.45, 7) is 5.79. The summed E-state index contributed by atoms with van der Waals surface area (Å²) in [4.78, 5) is 41.4. The van der Waals surface area contributed by atoms with Crippen LogP contribution >= 0.6 is 11.6 Å². The molecule has 0 aromatic heterocycles. The average Bonchev–Trinajstić information content (AvgIpc) is 3.16. The second-order valence-electron chi connectivity index (χ2n) is 14.5. The normalized spacial score (nSPS) is 19.0. The number of para-hydroxylation sites is 2. The molecule has 4 rings (SSSR count). The number of likely N-dealkylation sites (N-methyl/N-ethyl adjacent to an activating group) is 1. The minimum absolute atomic E-state index is 0.0317. The number of fused-ring (bicyclic) bond motifs is 1. The van der Waals surface area contributed by atoms with E-state index in [-0.39, 0.29) is 60.4 Å². The van der Waals surface area contributed by atoms with Gasteiger partial charge in [-0.3, -0.25) is 14.4 Å². The highest BCUT2D eigenvalue weighted by Gasteiger charge is 2.32. The van der Waals surface area contributed by atoms with Gasteiger partial charge in [-0.1, -0.05) is 37.1 Å². The molecule has 3 aromatic carbocycles. The number of hydrogen-bond donors (Lipinski definition) is 4. The van der Waals surface area contributed by atoms with Crippen LogP contribution in [-0.2, 0) is 24.3 Å². The number of aliphatic hydroxyl groups is 1. The summed E-state index contributed by atoms with van der Waals surface area (Å²) in [5.41, 5.74) is 7.61. The number of nitrogens with zero attached hydrogens (tertiary/aromatic N) is 2. The number of halogens is 1. The van der Waals surface area contributed by atoms with Crippen molar-refractivity contribution in [3.8, 4) is 5.75 Å². The summed E-state index contributed by atoms with van der Waals surface area (Å²) in [6.07, 6.45) is 3.71. The number of carbonyl (C=O) groups excluding carboxylic acids is 3. The van der Waals surface area contributed by atoms with Gasteiger partial charge < -0.3 is 35.8 Å². The van der Waals surface area contributed by atoms with E-state index in [1.165, 1.54) is 35.6 Å². The smallest absolute Gasteiger partial charge is 0.258 e. The van der Waals surface area contributed by atoms with Crippen LogP contribution in [0.5, 0.6) is 5.75 Å². The first-order valence-corrected chi connectivity index (χ1v) is 21.0. The molecule has 0 radical (unpaired) electrons. The molecule has 15 heteroatoms. The van der Waals surface area contributed by atoms with E-state index in [4.69, 9.17) is 26.8 Å². The molecule has 306 valence electrons. The zero-order chi connectivity index (χ0) is 40.8. The Balaban J connectivity index is 1.46. The summed E-state index contributed by atoms with van der Waals surface area (Å²) in [6, 6.07) is 17.4. The van der Waals surface area contributed by atoms with Crippen LogP contribution in [0.1, 0.15) is 82.5 Å². The maximum atomic E-state index is 14.5. The van der Waals surface area contributed by atoms with Crippen molar-refractivity contribution in [3.63, 3.8) is 0 Å². The zero-order valence-corrected chi connectivity index (χ0v) is 34.3. The Morgan fingerprint density at radius 3 is 2.36 bits per heavy atom. The monoisotopic (exact) mass is 813 g/mol. The molecule has 56 heavy (non-hydrogen) atoms. The Kier molecular flexibility index (Phi) is 17.0. The van der Waals surface area contributed by atoms with Crippen LogP contribution in [0.15, 0.2) is 71.6 Å². The fraction of sp³-hybridized carbons (Fsp3) is 0.488. The highest BCUT2D eigenvalue weighted by molar-refractivity contribution is 7.89. The standard InChI is InChI=1S/C41H56ClN5O8S/c1-28-25-47(29(2)27-48)41(51)34-24-32(44-39(49)15-6-5-7-16-40(50)45-36-14-9-8-13-35(36)43)19-22-37(34)55-30(3)12-10-11-23-54-38(28)26-46(4)56(52,53)33-20-17-31(42)18-21-33/h8-9,13-14,17-22,24,28-30,38,48H,5-7,10-12,15-16,23,25-27,43H2,1-4H3,(H,44,49)(H,45,50)/t28-,29+,30+,38-/m0/s1. The fourth-order valence-corrected chi connectivity index (χ4v) is 7.70. The van der Waals surface area contributed by atoms with E-state index in [1.54, 1.807) is 54.3 Å². The predicted molar refractivity (Wildman–Crippen MR) is 219 cm³/mol. The number of nitrogens with one attached hydrogen (secondary N) is 2. The highest BCUT2D eigenvalue weighted by Crippen LogP contribution is 2.29. The number of nitrogens with two attached hydrogens (primary N) is 1. The molecular formula is C41H56ClN5O8S. The summed E-state index contributed by atoms with van der Waals surface area (Å²) < 4.78 is 40.8. The Bertz CT molecular complexity index is 1880. The van der Waals surface area contributed by atoms with Crippen molar-refractivity contribution in [2.45, 2.75) is 95.3 Å². The second kappa shape index (κ2) is 21.4. The lowest BCUT2D eigenvalue weighted by atomic mass is 10.0. The Morgan fingerprint density at radius 1 is 1.00 bits per heavy atom. The van der Waals surface area contributed by atoms with Gasteiger partial charge in [0.15, 0.2) is 0 Å². The second-order valence-corrected chi connectivity index (χ2v) is 17.0. The van der Waals surface area contributed by atoms with E-state index >= 15 is 0 Å². The topological polar surface area (TPSA) is 181 Å². The van der Waals surface area contributed by atoms with Crippen molar-refractivity contribution < 1.29 is 37.4 Å². The van der Waals surface area contributed by atoms with Crippen LogP contribution in [0.25, 0.3) is 0 Å². The first-order valence-electron chi connectivity index (χ1n) is 19.2. The molecule has 5 N–H and O–H groups in total. The molecule has 13 nitrogen and oxygen atoms in total.